The zero-order valence-corrected chi connectivity index (χ0v) is 22.6. The fraction of sp³-hybridized carbons (Fsp3) is 0.900. The van der Waals surface area contributed by atoms with Crippen molar-refractivity contribution in [2.45, 2.75) is 115 Å². The number of rotatable bonds is 3. The van der Waals surface area contributed by atoms with Gasteiger partial charge in [-0.2, -0.15) is 0 Å². The van der Waals surface area contributed by atoms with Gasteiger partial charge in [-0.15, -0.1) is 0 Å². The average Bonchev–Trinajstić information content (AvgIpc) is 3.40. The highest BCUT2D eigenvalue weighted by Gasteiger charge is 2.67. The van der Waals surface area contributed by atoms with Crippen molar-refractivity contribution in [3.8, 4) is 0 Å². The molecule has 4 saturated carbocycles. The Balaban J connectivity index is 1.19. The van der Waals surface area contributed by atoms with Crippen molar-refractivity contribution in [2.75, 3.05) is 13.7 Å². The second-order valence-corrected chi connectivity index (χ2v) is 13.7. The van der Waals surface area contributed by atoms with Gasteiger partial charge in [-0.1, -0.05) is 13.8 Å². The number of aliphatic hydroxyl groups is 2. The van der Waals surface area contributed by atoms with E-state index in [1.54, 1.807) is 13.2 Å². The van der Waals surface area contributed by atoms with Gasteiger partial charge in [0.1, 0.15) is 12.7 Å². The molecule has 6 aliphatic rings. The molecule has 36 heavy (non-hydrogen) atoms. The molecule has 0 unspecified atom stereocenters. The van der Waals surface area contributed by atoms with E-state index in [9.17, 15) is 15.0 Å². The molecule has 4 aliphatic carbocycles. The van der Waals surface area contributed by atoms with Crippen LogP contribution in [0.15, 0.2) is 11.6 Å². The Hall–Kier alpha value is -0.950. The predicted molar refractivity (Wildman–Crippen MR) is 135 cm³/mol. The third-order valence-corrected chi connectivity index (χ3v) is 12.6. The second kappa shape index (κ2) is 8.79. The van der Waals surface area contributed by atoms with Crippen molar-refractivity contribution in [1.29, 1.82) is 0 Å². The molecular formula is C30H46O6. The summed E-state index contributed by atoms with van der Waals surface area (Å²) in [4.78, 5) is 11.8. The normalized spacial score (nSPS) is 54.8. The van der Waals surface area contributed by atoms with E-state index in [4.69, 9.17) is 14.2 Å². The van der Waals surface area contributed by atoms with Crippen molar-refractivity contribution >= 4 is 5.97 Å². The first-order valence-electron chi connectivity index (χ1n) is 14.6. The Kier molecular flexibility index (Phi) is 6.19. The highest BCUT2D eigenvalue weighted by atomic mass is 16.5. The van der Waals surface area contributed by atoms with Crippen LogP contribution >= 0.6 is 0 Å². The standard InChI is InChI=1S/C30H46O6/c1-17-27(32)25(34-4)15-24(36-17)18-7-10-28(2)20(13-18)5-6-23-22(28)8-11-29(3)21(9-12-30(23,29)33)19-14-26(31)35-16-19/h14,17-18,20-25,27,32-33H,5-13,15-16H2,1-4H3/t17-,18-,20+,21+,22-,23+,24-,25-,27-,28-,29+,30-/m0/s1. The number of cyclic esters (lactones) is 1. The Labute approximate surface area is 216 Å². The molecular weight excluding hydrogens is 456 g/mol. The lowest BCUT2D eigenvalue weighted by atomic mass is 9.42. The number of fused-ring (bicyclic) bond motifs is 5. The Bertz CT molecular complexity index is 917. The number of aliphatic hydroxyl groups excluding tert-OH is 1. The lowest BCUT2D eigenvalue weighted by Gasteiger charge is -2.64. The molecule has 6 heteroatoms. The number of carbonyl (C=O) groups is 1. The van der Waals surface area contributed by atoms with E-state index < -0.39 is 11.7 Å². The molecule has 0 aromatic heterocycles. The molecule has 2 heterocycles. The van der Waals surface area contributed by atoms with Gasteiger partial charge < -0.3 is 24.4 Å². The summed E-state index contributed by atoms with van der Waals surface area (Å²) in [6, 6.07) is 0. The highest BCUT2D eigenvalue weighted by Crippen LogP contribution is 2.70. The van der Waals surface area contributed by atoms with Crippen molar-refractivity contribution in [3.05, 3.63) is 11.6 Å². The molecule has 0 radical (unpaired) electrons. The van der Waals surface area contributed by atoms with E-state index >= 15 is 0 Å². The van der Waals surface area contributed by atoms with Crippen LogP contribution in [0.2, 0.25) is 0 Å². The molecule has 2 aliphatic heterocycles. The third kappa shape index (κ3) is 3.53. The van der Waals surface area contributed by atoms with Crippen LogP contribution in [0.4, 0.5) is 0 Å². The number of ether oxygens (including phenoxy) is 3. The van der Waals surface area contributed by atoms with Gasteiger partial charge in [0.05, 0.1) is 23.9 Å². The van der Waals surface area contributed by atoms with E-state index in [2.05, 4.69) is 13.8 Å². The number of esters is 1. The molecule has 5 fully saturated rings. The molecule has 1 saturated heterocycles. The monoisotopic (exact) mass is 502 g/mol. The first-order chi connectivity index (χ1) is 17.1. The van der Waals surface area contributed by atoms with E-state index in [-0.39, 0.29) is 41.0 Å². The first-order valence-corrected chi connectivity index (χ1v) is 14.6. The van der Waals surface area contributed by atoms with E-state index in [0.717, 1.165) is 44.1 Å². The van der Waals surface area contributed by atoms with E-state index in [1.807, 2.05) is 6.92 Å². The maximum absolute atomic E-state index is 12.4. The molecule has 6 rings (SSSR count). The molecule has 0 aromatic rings. The van der Waals surface area contributed by atoms with Gasteiger partial charge in [-0.3, -0.25) is 0 Å². The summed E-state index contributed by atoms with van der Waals surface area (Å²) in [7, 11) is 1.70. The van der Waals surface area contributed by atoms with Gasteiger partial charge in [0.25, 0.3) is 0 Å². The van der Waals surface area contributed by atoms with Gasteiger partial charge in [-0.05, 0) is 105 Å². The van der Waals surface area contributed by atoms with E-state index in [1.165, 1.54) is 25.7 Å². The molecule has 6 nitrogen and oxygen atoms in total. The van der Waals surface area contributed by atoms with Crippen molar-refractivity contribution in [3.63, 3.8) is 0 Å². The summed E-state index contributed by atoms with van der Waals surface area (Å²) in [6.45, 7) is 7.21. The Morgan fingerprint density at radius 2 is 1.83 bits per heavy atom. The molecule has 0 aromatic carbocycles. The fourth-order valence-electron chi connectivity index (χ4n) is 10.4. The molecule has 2 N–H and O–H groups in total. The fourth-order valence-corrected chi connectivity index (χ4v) is 10.4. The minimum atomic E-state index is -0.651. The van der Waals surface area contributed by atoms with Crippen molar-refractivity contribution < 1.29 is 29.2 Å². The number of hydrogen-bond acceptors (Lipinski definition) is 6. The largest absolute Gasteiger partial charge is 0.458 e. The quantitative estimate of drug-likeness (QED) is 0.556. The van der Waals surface area contributed by atoms with Crippen LogP contribution < -0.4 is 0 Å². The van der Waals surface area contributed by atoms with E-state index in [0.29, 0.717) is 30.3 Å². The van der Waals surface area contributed by atoms with Crippen LogP contribution in [0.5, 0.6) is 0 Å². The second-order valence-electron chi connectivity index (χ2n) is 13.7. The minimum Gasteiger partial charge on any atom is -0.458 e. The smallest absolute Gasteiger partial charge is 0.331 e. The Morgan fingerprint density at radius 3 is 2.56 bits per heavy atom. The summed E-state index contributed by atoms with van der Waals surface area (Å²) >= 11 is 0. The summed E-state index contributed by atoms with van der Waals surface area (Å²) in [5.41, 5.74) is 0.553. The molecule has 12 atom stereocenters. The topological polar surface area (TPSA) is 85.2 Å². The average molecular weight is 503 g/mol. The van der Waals surface area contributed by atoms with Crippen LogP contribution in [-0.4, -0.2) is 59.9 Å². The minimum absolute atomic E-state index is 0.140. The van der Waals surface area contributed by atoms with Crippen LogP contribution in [-0.2, 0) is 19.0 Å². The van der Waals surface area contributed by atoms with Gasteiger partial charge >= 0.3 is 5.97 Å². The van der Waals surface area contributed by atoms with Crippen LogP contribution in [0.1, 0.15) is 85.0 Å². The van der Waals surface area contributed by atoms with Crippen molar-refractivity contribution in [2.24, 2.45) is 40.4 Å². The SMILES string of the molecule is CO[C@H]1C[C@@H]([C@H]2CC[C@@]3(C)[C@H](CC[C@@H]4[C@@H]3CC[C@]3(C)[C@@H](C5=CC(=O)OC5)CC[C@]43O)C2)O[C@@H](C)[C@@H]1O. The number of carbonyl (C=O) groups excluding carboxylic acids is 1. The zero-order chi connectivity index (χ0) is 25.5. The highest BCUT2D eigenvalue weighted by molar-refractivity contribution is 5.85. The molecule has 0 bridgehead atoms. The summed E-state index contributed by atoms with van der Waals surface area (Å²) < 4.78 is 17.2. The van der Waals surface area contributed by atoms with Gasteiger partial charge in [0.2, 0.25) is 0 Å². The van der Waals surface area contributed by atoms with Crippen LogP contribution in [0.25, 0.3) is 0 Å². The van der Waals surface area contributed by atoms with Crippen LogP contribution in [0.3, 0.4) is 0 Å². The lowest BCUT2D eigenvalue weighted by molar-refractivity contribution is -0.217. The molecule has 0 amide bonds. The summed E-state index contributed by atoms with van der Waals surface area (Å²) in [5, 5.41) is 22.9. The number of methoxy groups -OCH3 is 1. The molecule has 202 valence electrons. The van der Waals surface area contributed by atoms with Crippen LogP contribution in [0, 0.1) is 40.4 Å². The van der Waals surface area contributed by atoms with Crippen molar-refractivity contribution in [1.82, 2.24) is 0 Å². The number of hydrogen-bond donors (Lipinski definition) is 2. The molecule has 0 spiro atoms. The van der Waals surface area contributed by atoms with Gasteiger partial charge in [0.15, 0.2) is 0 Å². The Morgan fingerprint density at radius 1 is 1.03 bits per heavy atom. The lowest BCUT2D eigenvalue weighted by Crippen LogP contribution is -2.62. The van der Waals surface area contributed by atoms with Gasteiger partial charge in [-0.25, -0.2) is 4.79 Å². The predicted octanol–water partition coefficient (Wildman–Crippen LogP) is 4.41. The zero-order valence-electron chi connectivity index (χ0n) is 22.6. The maximum atomic E-state index is 12.4. The summed E-state index contributed by atoms with van der Waals surface area (Å²) in [5.74, 6) is 2.13. The first kappa shape index (κ1) is 25.3. The third-order valence-electron chi connectivity index (χ3n) is 12.6. The maximum Gasteiger partial charge on any atom is 0.331 e. The summed E-state index contributed by atoms with van der Waals surface area (Å²) in [6.07, 6.45) is 11.6. The van der Waals surface area contributed by atoms with Gasteiger partial charge in [0, 0.05) is 25.0 Å².